The van der Waals surface area contributed by atoms with E-state index in [1.54, 1.807) is 26.8 Å². The first-order valence-corrected chi connectivity index (χ1v) is 11.4. The van der Waals surface area contributed by atoms with Gasteiger partial charge in [-0.2, -0.15) is 23.7 Å². The topological polar surface area (TPSA) is 118 Å². The van der Waals surface area contributed by atoms with Crippen LogP contribution in [0.4, 0.5) is 23.7 Å². The lowest BCUT2D eigenvalue weighted by Crippen LogP contribution is -2.50. The average molecular weight is 494 g/mol. The molecule has 2 N–H and O–H groups in total. The third-order valence-corrected chi connectivity index (χ3v) is 5.38. The van der Waals surface area contributed by atoms with E-state index in [0.717, 1.165) is 12.1 Å². The molecule has 1 fully saturated rings. The van der Waals surface area contributed by atoms with Gasteiger partial charge in [0.05, 0.1) is 22.9 Å². The Bertz CT molecular complexity index is 992. The van der Waals surface area contributed by atoms with Crippen molar-refractivity contribution >= 4 is 17.7 Å². The number of anilines is 1. The maximum atomic E-state index is 13.1. The van der Waals surface area contributed by atoms with Crippen molar-refractivity contribution < 1.29 is 27.5 Å². The first-order valence-electron chi connectivity index (χ1n) is 11.4. The van der Waals surface area contributed by atoms with Crippen molar-refractivity contribution in [2.45, 2.75) is 76.7 Å². The molecule has 11 heteroatoms. The number of nitriles is 2. The van der Waals surface area contributed by atoms with Gasteiger partial charge in [0.15, 0.2) is 0 Å². The number of carbonyl (C=O) groups excluding carboxylic acids is 2. The minimum absolute atomic E-state index is 0.115. The molecule has 0 spiro atoms. The molecule has 1 heterocycles. The molecule has 0 radical (unpaired) electrons. The third-order valence-electron chi connectivity index (χ3n) is 5.38. The SMILES string of the molecule is CC(C)(C)OC(=O)N[C@@H](CCCCNc1ccc(C(F)(F)F)cc1C#N)C(=O)N1CCC[C@H]1C#N. The van der Waals surface area contributed by atoms with E-state index in [1.165, 1.54) is 11.0 Å². The Morgan fingerprint density at radius 1 is 1.23 bits per heavy atom. The van der Waals surface area contributed by atoms with Crippen molar-refractivity contribution in [1.82, 2.24) is 10.2 Å². The molecule has 8 nitrogen and oxygen atoms in total. The van der Waals surface area contributed by atoms with Crippen molar-refractivity contribution in [2.24, 2.45) is 0 Å². The smallest absolute Gasteiger partial charge is 0.416 e. The first-order chi connectivity index (χ1) is 16.4. The van der Waals surface area contributed by atoms with Crippen molar-refractivity contribution in [3.8, 4) is 12.1 Å². The van der Waals surface area contributed by atoms with E-state index in [9.17, 15) is 33.3 Å². The lowest BCUT2D eigenvalue weighted by Gasteiger charge is -2.27. The lowest BCUT2D eigenvalue weighted by molar-refractivity contribution is -0.137. The van der Waals surface area contributed by atoms with Crippen LogP contribution in [0.3, 0.4) is 0 Å². The highest BCUT2D eigenvalue weighted by Gasteiger charge is 2.34. The van der Waals surface area contributed by atoms with Crippen LogP contribution in [0.15, 0.2) is 18.2 Å². The van der Waals surface area contributed by atoms with Crippen LogP contribution >= 0.6 is 0 Å². The van der Waals surface area contributed by atoms with E-state index in [1.807, 2.05) is 0 Å². The molecule has 0 bridgehead atoms. The number of unbranched alkanes of at least 4 members (excludes halogenated alkanes) is 1. The van der Waals surface area contributed by atoms with Gasteiger partial charge in [-0.25, -0.2) is 4.79 Å². The summed E-state index contributed by atoms with van der Waals surface area (Å²) < 4.78 is 43.8. The summed E-state index contributed by atoms with van der Waals surface area (Å²) in [5.74, 6) is -0.345. The summed E-state index contributed by atoms with van der Waals surface area (Å²) in [6.45, 7) is 5.90. The molecular weight excluding hydrogens is 463 g/mol. The van der Waals surface area contributed by atoms with E-state index in [2.05, 4.69) is 16.7 Å². The molecule has 1 aromatic rings. The zero-order valence-electron chi connectivity index (χ0n) is 20.0. The molecule has 2 atom stereocenters. The molecule has 0 aromatic heterocycles. The molecule has 1 aliphatic heterocycles. The summed E-state index contributed by atoms with van der Waals surface area (Å²) in [5.41, 5.74) is -1.47. The molecule has 1 aliphatic rings. The second-order valence-corrected chi connectivity index (χ2v) is 9.31. The summed E-state index contributed by atoms with van der Waals surface area (Å²) in [5, 5.41) is 24.1. The van der Waals surface area contributed by atoms with Gasteiger partial charge in [-0.3, -0.25) is 4.79 Å². The minimum atomic E-state index is -4.54. The van der Waals surface area contributed by atoms with Crippen LogP contribution in [-0.4, -0.2) is 47.7 Å². The Hall–Kier alpha value is -3.47. The van der Waals surface area contributed by atoms with Crippen molar-refractivity contribution in [3.05, 3.63) is 29.3 Å². The van der Waals surface area contributed by atoms with E-state index >= 15 is 0 Å². The number of alkyl carbamates (subject to hydrolysis) is 1. The van der Waals surface area contributed by atoms with Gasteiger partial charge in [-0.05, 0) is 71.1 Å². The summed E-state index contributed by atoms with van der Waals surface area (Å²) >= 11 is 0. The average Bonchev–Trinajstić information content (AvgIpc) is 3.24. The van der Waals surface area contributed by atoms with Gasteiger partial charge in [0.2, 0.25) is 5.91 Å². The highest BCUT2D eigenvalue weighted by atomic mass is 19.4. The molecule has 0 aliphatic carbocycles. The zero-order valence-corrected chi connectivity index (χ0v) is 20.0. The van der Waals surface area contributed by atoms with Gasteiger partial charge in [-0.15, -0.1) is 0 Å². The summed E-state index contributed by atoms with van der Waals surface area (Å²) in [6.07, 6.45) is -2.68. The molecule has 0 unspecified atom stereocenters. The number of ether oxygens (including phenoxy) is 1. The quantitative estimate of drug-likeness (QED) is 0.513. The number of hydrogen-bond acceptors (Lipinski definition) is 6. The van der Waals surface area contributed by atoms with Gasteiger partial charge >= 0.3 is 12.3 Å². The van der Waals surface area contributed by atoms with Gasteiger partial charge in [-0.1, -0.05) is 0 Å². The van der Waals surface area contributed by atoms with E-state index < -0.39 is 35.5 Å². The maximum absolute atomic E-state index is 13.1. The molecular formula is C24H30F3N5O3. The number of nitrogens with one attached hydrogen (secondary N) is 2. The second-order valence-electron chi connectivity index (χ2n) is 9.31. The highest BCUT2D eigenvalue weighted by Crippen LogP contribution is 2.31. The number of amides is 2. The fourth-order valence-electron chi connectivity index (χ4n) is 3.74. The largest absolute Gasteiger partial charge is 0.444 e. The Labute approximate surface area is 203 Å². The van der Waals surface area contributed by atoms with E-state index in [4.69, 9.17) is 4.74 Å². The number of likely N-dealkylation sites (tertiary alicyclic amines) is 1. The number of carbonyl (C=O) groups is 2. The predicted octanol–water partition coefficient (Wildman–Crippen LogP) is 4.57. The minimum Gasteiger partial charge on any atom is -0.444 e. The third kappa shape index (κ3) is 8.36. The summed E-state index contributed by atoms with van der Waals surface area (Å²) in [7, 11) is 0. The molecule has 2 rings (SSSR count). The van der Waals surface area contributed by atoms with Crippen molar-refractivity contribution in [3.63, 3.8) is 0 Å². The van der Waals surface area contributed by atoms with Crippen LogP contribution in [0.1, 0.15) is 64.0 Å². The Balaban J connectivity index is 1.97. The van der Waals surface area contributed by atoms with Crippen molar-refractivity contribution in [2.75, 3.05) is 18.4 Å². The fourth-order valence-corrected chi connectivity index (χ4v) is 3.74. The lowest BCUT2D eigenvalue weighted by atomic mass is 10.1. The number of alkyl halides is 3. The Kier molecular flexibility index (Phi) is 9.35. The van der Waals surface area contributed by atoms with Crippen LogP contribution in [0.2, 0.25) is 0 Å². The van der Waals surface area contributed by atoms with E-state index in [0.29, 0.717) is 38.8 Å². The number of halogens is 3. The summed E-state index contributed by atoms with van der Waals surface area (Å²) in [6, 6.07) is 5.39. The maximum Gasteiger partial charge on any atom is 0.416 e. The standard InChI is InChI=1S/C24H30F3N5O3/c1-23(2,3)35-22(34)31-20(21(33)32-12-6-7-18(32)15-29)8-4-5-11-30-19-10-9-17(24(25,26)27)13-16(19)14-28/h9-10,13,18,20,30H,4-8,11-12H2,1-3H3,(H,31,34)/t18-,20-/m0/s1. The van der Waals surface area contributed by atoms with Crippen LogP contribution in [0.25, 0.3) is 0 Å². The fraction of sp³-hybridized carbons (Fsp3) is 0.583. The van der Waals surface area contributed by atoms with Crippen LogP contribution < -0.4 is 10.6 Å². The van der Waals surface area contributed by atoms with E-state index in [-0.39, 0.29) is 23.6 Å². The molecule has 1 saturated heterocycles. The van der Waals surface area contributed by atoms with Crippen molar-refractivity contribution in [1.29, 1.82) is 10.5 Å². The molecule has 1 aromatic carbocycles. The van der Waals surface area contributed by atoms with Gasteiger partial charge in [0.25, 0.3) is 0 Å². The number of benzene rings is 1. The van der Waals surface area contributed by atoms with Gasteiger partial charge in [0.1, 0.15) is 23.8 Å². The van der Waals surface area contributed by atoms with Crippen LogP contribution in [-0.2, 0) is 15.7 Å². The Morgan fingerprint density at radius 2 is 1.94 bits per heavy atom. The molecule has 190 valence electrons. The van der Waals surface area contributed by atoms with Crippen LogP contribution in [0, 0.1) is 22.7 Å². The second kappa shape index (κ2) is 11.8. The monoisotopic (exact) mass is 493 g/mol. The first kappa shape index (κ1) is 27.8. The number of hydrogen-bond donors (Lipinski definition) is 2. The van der Waals surface area contributed by atoms with Gasteiger partial charge in [0, 0.05) is 13.1 Å². The highest BCUT2D eigenvalue weighted by molar-refractivity contribution is 5.86. The van der Waals surface area contributed by atoms with Gasteiger partial charge < -0.3 is 20.3 Å². The normalized spacial score (nSPS) is 16.7. The zero-order chi connectivity index (χ0) is 26.2. The molecule has 0 saturated carbocycles. The number of rotatable bonds is 8. The molecule has 35 heavy (non-hydrogen) atoms. The predicted molar refractivity (Wildman–Crippen MR) is 122 cm³/mol. The number of nitrogens with zero attached hydrogens (tertiary/aromatic N) is 3. The Morgan fingerprint density at radius 3 is 2.54 bits per heavy atom. The van der Waals surface area contributed by atoms with Crippen LogP contribution in [0.5, 0.6) is 0 Å². The molecule has 2 amide bonds. The summed E-state index contributed by atoms with van der Waals surface area (Å²) in [4.78, 5) is 26.8.